The van der Waals surface area contributed by atoms with Crippen molar-refractivity contribution in [2.45, 2.75) is 0 Å². The molecule has 0 heterocycles. The van der Waals surface area contributed by atoms with Gasteiger partial charge in [0.05, 0.1) is 25.6 Å². The second-order valence-corrected chi connectivity index (χ2v) is 7.00. The smallest absolute Gasteiger partial charge is 0.144 e. The minimum absolute atomic E-state index is 0.700. The number of nitrogens with zero attached hydrogens (tertiary/aromatic N) is 2. The summed E-state index contributed by atoms with van der Waals surface area (Å²) in [5.41, 5.74) is 4.86. The summed E-state index contributed by atoms with van der Waals surface area (Å²) in [6.07, 6.45) is 0. The predicted molar refractivity (Wildman–Crippen MR) is 131 cm³/mol. The van der Waals surface area contributed by atoms with Crippen LogP contribution in [-0.2, 0) is 0 Å². The zero-order valence-electron chi connectivity index (χ0n) is 18.1. The Morgan fingerprint density at radius 2 is 0.812 bits per heavy atom. The number of ether oxygens (including phenoxy) is 2. The van der Waals surface area contributed by atoms with Gasteiger partial charge in [-0.3, -0.25) is 0 Å². The minimum Gasteiger partial charge on any atom is -0.494 e. The Morgan fingerprint density at radius 3 is 1.19 bits per heavy atom. The maximum absolute atomic E-state index is 5.56. The molecule has 4 aromatic carbocycles. The van der Waals surface area contributed by atoms with E-state index < -0.39 is 0 Å². The number of para-hydroxylation sites is 4. The highest BCUT2D eigenvalue weighted by Crippen LogP contribution is 2.30. The van der Waals surface area contributed by atoms with Gasteiger partial charge in [-0.15, -0.1) is 0 Å². The van der Waals surface area contributed by atoms with Crippen LogP contribution in [0.2, 0.25) is 0 Å². The summed E-state index contributed by atoms with van der Waals surface area (Å²) in [5, 5.41) is 0. The van der Waals surface area contributed by atoms with Gasteiger partial charge in [-0.2, -0.15) is 0 Å². The molecular weight excluding hydrogens is 396 g/mol. The minimum atomic E-state index is 0.700. The summed E-state index contributed by atoms with van der Waals surface area (Å²) in [5.74, 6) is 1.40. The monoisotopic (exact) mass is 420 g/mol. The topological polar surface area (TPSA) is 43.2 Å². The zero-order chi connectivity index (χ0) is 22.2. The first-order valence-corrected chi connectivity index (χ1v) is 10.3. The van der Waals surface area contributed by atoms with Crippen molar-refractivity contribution in [2.75, 3.05) is 14.2 Å². The van der Waals surface area contributed by atoms with Gasteiger partial charge in [-0.05, 0) is 24.3 Å². The third-order valence-electron chi connectivity index (χ3n) is 4.95. The fraction of sp³-hybridized carbons (Fsp3) is 0.0714. The van der Waals surface area contributed by atoms with Gasteiger partial charge in [0.25, 0.3) is 0 Å². The molecule has 4 aromatic rings. The number of benzene rings is 4. The second-order valence-electron chi connectivity index (χ2n) is 7.00. The molecule has 0 unspecified atom stereocenters. The molecule has 0 bridgehead atoms. The van der Waals surface area contributed by atoms with Gasteiger partial charge in [0.1, 0.15) is 22.9 Å². The summed E-state index contributed by atoms with van der Waals surface area (Å²) < 4.78 is 11.1. The summed E-state index contributed by atoms with van der Waals surface area (Å²) in [7, 11) is 3.30. The van der Waals surface area contributed by atoms with E-state index >= 15 is 0 Å². The molecule has 4 heteroatoms. The van der Waals surface area contributed by atoms with Crippen LogP contribution in [0.15, 0.2) is 119 Å². The largest absolute Gasteiger partial charge is 0.494 e. The third kappa shape index (κ3) is 4.76. The lowest BCUT2D eigenvalue weighted by Gasteiger charge is -2.14. The number of methoxy groups -OCH3 is 2. The summed E-state index contributed by atoms with van der Waals surface area (Å²) in [6, 6.07) is 35.6. The average Bonchev–Trinajstić information content (AvgIpc) is 2.87. The molecule has 0 aliphatic heterocycles. The van der Waals surface area contributed by atoms with E-state index in [2.05, 4.69) is 0 Å². The molecular formula is C28H24N2O2. The number of hydrogen-bond donors (Lipinski definition) is 0. The molecule has 0 spiro atoms. The van der Waals surface area contributed by atoms with Crippen molar-refractivity contribution < 1.29 is 9.47 Å². The fourth-order valence-electron chi connectivity index (χ4n) is 3.39. The van der Waals surface area contributed by atoms with Crippen LogP contribution in [0.25, 0.3) is 0 Å². The van der Waals surface area contributed by atoms with E-state index in [0.29, 0.717) is 11.5 Å². The summed E-state index contributed by atoms with van der Waals surface area (Å²) in [4.78, 5) is 10.1. The normalized spacial score (nSPS) is 11.8. The Balaban J connectivity index is 2.00. The SMILES string of the molecule is COc1ccccc1N=C(C(=Nc1ccccc1OC)c1ccccc1)c1ccccc1. The molecule has 0 saturated carbocycles. The molecule has 0 aromatic heterocycles. The van der Waals surface area contributed by atoms with E-state index in [-0.39, 0.29) is 0 Å². The first kappa shape index (κ1) is 21.1. The van der Waals surface area contributed by atoms with Gasteiger partial charge < -0.3 is 9.47 Å². The van der Waals surface area contributed by atoms with E-state index in [4.69, 9.17) is 19.5 Å². The lowest BCUT2D eigenvalue weighted by atomic mass is 9.99. The molecule has 0 radical (unpaired) electrons. The van der Waals surface area contributed by atoms with Crippen LogP contribution in [0, 0.1) is 0 Å². The molecule has 0 aliphatic rings. The Bertz CT molecular complexity index is 1130. The third-order valence-corrected chi connectivity index (χ3v) is 4.95. The Hall–Kier alpha value is -4.18. The fourth-order valence-corrected chi connectivity index (χ4v) is 3.39. The Kier molecular flexibility index (Phi) is 6.73. The van der Waals surface area contributed by atoms with Crippen LogP contribution in [0.3, 0.4) is 0 Å². The Morgan fingerprint density at radius 1 is 0.469 bits per heavy atom. The quantitative estimate of drug-likeness (QED) is 0.314. The van der Waals surface area contributed by atoms with Crippen molar-refractivity contribution in [3.8, 4) is 11.5 Å². The standard InChI is InChI=1S/C28H24N2O2/c1-31-25-19-11-9-17-23(25)29-27(21-13-5-3-6-14-21)28(22-15-7-4-8-16-22)30-24-18-10-12-20-26(24)32-2/h3-20H,1-2H3. The van der Waals surface area contributed by atoms with Crippen molar-refractivity contribution in [2.24, 2.45) is 9.98 Å². The molecule has 0 N–H and O–H groups in total. The van der Waals surface area contributed by atoms with E-state index in [1.165, 1.54) is 0 Å². The molecule has 158 valence electrons. The van der Waals surface area contributed by atoms with Crippen LogP contribution in [-0.4, -0.2) is 25.6 Å². The molecule has 0 atom stereocenters. The molecule has 0 amide bonds. The van der Waals surface area contributed by atoms with Crippen molar-refractivity contribution in [3.63, 3.8) is 0 Å². The molecule has 0 saturated heterocycles. The van der Waals surface area contributed by atoms with Gasteiger partial charge in [0, 0.05) is 11.1 Å². The Labute approximate surface area is 188 Å². The van der Waals surface area contributed by atoms with E-state index in [1.807, 2.05) is 109 Å². The number of rotatable bonds is 7. The van der Waals surface area contributed by atoms with Crippen LogP contribution in [0.5, 0.6) is 11.5 Å². The maximum atomic E-state index is 5.56. The first-order chi connectivity index (χ1) is 15.8. The number of aliphatic imine (C=N–C) groups is 2. The molecule has 32 heavy (non-hydrogen) atoms. The van der Waals surface area contributed by atoms with Crippen molar-refractivity contribution in [1.82, 2.24) is 0 Å². The number of hydrogen-bond acceptors (Lipinski definition) is 4. The zero-order valence-corrected chi connectivity index (χ0v) is 18.1. The summed E-state index contributed by atoms with van der Waals surface area (Å²) in [6.45, 7) is 0. The van der Waals surface area contributed by atoms with Crippen LogP contribution in [0.1, 0.15) is 11.1 Å². The van der Waals surface area contributed by atoms with Crippen LogP contribution in [0.4, 0.5) is 11.4 Å². The van der Waals surface area contributed by atoms with Crippen LogP contribution >= 0.6 is 0 Å². The van der Waals surface area contributed by atoms with E-state index in [1.54, 1.807) is 14.2 Å². The molecule has 0 fully saturated rings. The summed E-state index contributed by atoms with van der Waals surface area (Å²) >= 11 is 0. The first-order valence-electron chi connectivity index (χ1n) is 10.3. The van der Waals surface area contributed by atoms with E-state index in [0.717, 1.165) is 33.9 Å². The average molecular weight is 421 g/mol. The van der Waals surface area contributed by atoms with Gasteiger partial charge in [0.2, 0.25) is 0 Å². The molecule has 0 aliphatic carbocycles. The van der Waals surface area contributed by atoms with Crippen molar-refractivity contribution in [1.29, 1.82) is 0 Å². The van der Waals surface area contributed by atoms with Gasteiger partial charge in [-0.1, -0.05) is 84.9 Å². The molecule has 4 rings (SSSR count). The second kappa shape index (κ2) is 10.2. The van der Waals surface area contributed by atoms with Gasteiger partial charge in [0.15, 0.2) is 0 Å². The molecule has 4 nitrogen and oxygen atoms in total. The van der Waals surface area contributed by atoms with Crippen molar-refractivity contribution >= 4 is 22.8 Å². The van der Waals surface area contributed by atoms with Gasteiger partial charge in [-0.25, -0.2) is 9.98 Å². The highest BCUT2D eigenvalue weighted by Gasteiger charge is 2.17. The van der Waals surface area contributed by atoms with Crippen molar-refractivity contribution in [3.05, 3.63) is 120 Å². The lowest BCUT2D eigenvalue weighted by Crippen LogP contribution is -2.17. The van der Waals surface area contributed by atoms with Crippen LogP contribution < -0.4 is 9.47 Å². The van der Waals surface area contributed by atoms with E-state index in [9.17, 15) is 0 Å². The highest BCUT2D eigenvalue weighted by atomic mass is 16.5. The maximum Gasteiger partial charge on any atom is 0.144 e. The predicted octanol–water partition coefficient (Wildman–Crippen LogP) is 6.65. The lowest BCUT2D eigenvalue weighted by molar-refractivity contribution is 0.416. The highest BCUT2D eigenvalue weighted by molar-refractivity contribution is 6.54. The van der Waals surface area contributed by atoms with Gasteiger partial charge >= 0.3 is 0 Å².